The van der Waals surface area contributed by atoms with Crippen LogP contribution in [0, 0.1) is 0 Å². The highest BCUT2D eigenvalue weighted by Crippen LogP contribution is 2.24. The summed E-state index contributed by atoms with van der Waals surface area (Å²) in [6, 6.07) is 16.6. The third-order valence-electron chi connectivity index (χ3n) is 4.84. The van der Waals surface area contributed by atoms with Gasteiger partial charge in [0.25, 0.3) is 0 Å². The number of benzene rings is 2. The maximum atomic E-state index is 3.64. The molecule has 2 aromatic rings. The second-order valence-electron chi connectivity index (χ2n) is 6.37. The Morgan fingerprint density at radius 1 is 1.14 bits per heavy atom. The largest absolute Gasteiger partial charge is 0.313 e. The summed E-state index contributed by atoms with van der Waals surface area (Å²) < 4.78 is 0. The van der Waals surface area contributed by atoms with Crippen LogP contribution in [0.5, 0.6) is 0 Å². The lowest BCUT2D eigenvalue weighted by Gasteiger charge is -2.32. The lowest BCUT2D eigenvalue weighted by Crippen LogP contribution is -2.43. The Bertz CT molecular complexity index is 587. The molecule has 3 rings (SSSR count). The summed E-state index contributed by atoms with van der Waals surface area (Å²) in [5, 5.41) is 6.31. The highest BCUT2D eigenvalue weighted by atomic mass is 15.1. The van der Waals surface area contributed by atoms with Gasteiger partial charge in [0.05, 0.1) is 0 Å². The van der Waals surface area contributed by atoms with E-state index in [2.05, 4.69) is 66.7 Å². The summed E-state index contributed by atoms with van der Waals surface area (Å²) in [4.78, 5) is 2.48. The number of nitrogens with one attached hydrogen (secondary N) is 1. The molecule has 0 spiro atoms. The van der Waals surface area contributed by atoms with Crippen LogP contribution in [0.3, 0.4) is 0 Å². The zero-order chi connectivity index (χ0) is 14.7. The van der Waals surface area contributed by atoms with Gasteiger partial charge in [-0.3, -0.25) is 4.90 Å². The molecule has 1 aliphatic heterocycles. The van der Waals surface area contributed by atoms with Crippen molar-refractivity contribution in [1.82, 2.24) is 10.2 Å². The van der Waals surface area contributed by atoms with E-state index in [1.165, 1.54) is 42.1 Å². The van der Waals surface area contributed by atoms with Gasteiger partial charge >= 0.3 is 0 Å². The lowest BCUT2D eigenvalue weighted by atomic mass is 10.0. The van der Waals surface area contributed by atoms with E-state index >= 15 is 0 Å². The molecule has 2 heteroatoms. The van der Waals surface area contributed by atoms with E-state index in [4.69, 9.17) is 0 Å². The third-order valence-corrected chi connectivity index (χ3v) is 4.84. The molecule has 1 fully saturated rings. The number of likely N-dealkylation sites (N-methyl/N-ethyl adjacent to an activating group) is 1. The number of hydrogen-bond donors (Lipinski definition) is 1. The van der Waals surface area contributed by atoms with Gasteiger partial charge in [-0.1, -0.05) is 42.8 Å². The molecule has 1 heterocycles. The van der Waals surface area contributed by atoms with Gasteiger partial charge < -0.3 is 5.32 Å². The van der Waals surface area contributed by atoms with Gasteiger partial charge in [-0.25, -0.2) is 0 Å². The van der Waals surface area contributed by atoms with Gasteiger partial charge in [-0.2, -0.15) is 0 Å². The molecule has 0 aliphatic carbocycles. The molecule has 1 aliphatic rings. The minimum absolute atomic E-state index is 0.457. The van der Waals surface area contributed by atoms with E-state index in [1.54, 1.807) is 0 Å². The third kappa shape index (κ3) is 3.45. The van der Waals surface area contributed by atoms with Gasteiger partial charge in [0.1, 0.15) is 0 Å². The van der Waals surface area contributed by atoms with Crippen molar-refractivity contribution in [3.05, 3.63) is 48.0 Å². The Kier molecular flexibility index (Phi) is 4.57. The molecular formula is C19H26N2. The lowest BCUT2D eigenvalue weighted by molar-refractivity contribution is 0.215. The molecule has 0 aromatic heterocycles. The molecular weight excluding hydrogens is 256 g/mol. The summed E-state index contributed by atoms with van der Waals surface area (Å²) >= 11 is 0. The SMILES string of the molecule is CC(c1ccc2ccccc2c1)N(C)CC1CCCCN1. The first-order valence-corrected chi connectivity index (χ1v) is 8.16. The quantitative estimate of drug-likeness (QED) is 0.912. The predicted octanol–water partition coefficient (Wildman–Crippen LogP) is 3.97. The Balaban J connectivity index is 1.71. The molecule has 0 radical (unpaired) electrons. The van der Waals surface area contributed by atoms with Crippen LogP contribution in [0.15, 0.2) is 42.5 Å². The minimum atomic E-state index is 0.457. The van der Waals surface area contributed by atoms with Gasteiger partial charge in [-0.05, 0) is 55.8 Å². The summed E-state index contributed by atoms with van der Waals surface area (Å²) in [6.07, 6.45) is 4.02. The molecule has 21 heavy (non-hydrogen) atoms. The van der Waals surface area contributed by atoms with E-state index in [-0.39, 0.29) is 0 Å². The highest BCUT2D eigenvalue weighted by Gasteiger charge is 2.18. The van der Waals surface area contributed by atoms with Gasteiger partial charge in [0.2, 0.25) is 0 Å². The zero-order valence-electron chi connectivity index (χ0n) is 13.2. The second kappa shape index (κ2) is 6.59. The molecule has 1 saturated heterocycles. The molecule has 0 amide bonds. The van der Waals surface area contributed by atoms with Crippen molar-refractivity contribution in [2.24, 2.45) is 0 Å². The van der Waals surface area contributed by atoms with Gasteiger partial charge in [0.15, 0.2) is 0 Å². The van der Waals surface area contributed by atoms with Crippen molar-refractivity contribution in [3.63, 3.8) is 0 Å². The van der Waals surface area contributed by atoms with Crippen LogP contribution in [-0.4, -0.2) is 31.1 Å². The van der Waals surface area contributed by atoms with Crippen molar-refractivity contribution in [2.45, 2.75) is 38.3 Å². The first-order valence-electron chi connectivity index (χ1n) is 8.16. The van der Waals surface area contributed by atoms with Crippen molar-refractivity contribution in [1.29, 1.82) is 0 Å². The summed E-state index contributed by atoms with van der Waals surface area (Å²) in [5.41, 5.74) is 1.41. The number of fused-ring (bicyclic) bond motifs is 1. The molecule has 2 aromatic carbocycles. The molecule has 2 nitrogen and oxygen atoms in total. The van der Waals surface area contributed by atoms with Crippen LogP contribution in [0.1, 0.15) is 37.8 Å². The van der Waals surface area contributed by atoms with Crippen LogP contribution in [-0.2, 0) is 0 Å². The van der Waals surface area contributed by atoms with Gasteiger partial charge in [0, 0.05) is 18.6 Å². The van der Waals surface area contributed by atoms with Crippen molar-refractivity contribution < 1.29 is 0 Å². The maximum Gasteiger partial charge on any atom is 0.0317 e. The van der Waals surface area contributed by atoms with E-state index in [0.29, 0.717) is 12.1 Å². The van der Waals surface area contributed by atoms with Gasteiger partial charge in [-0.15, -0.1) is 0 Å². The van der Waals surface area contributed by atoms with Crippen molar-refractivity contribution in [2.75, 3.05) is 20.1 Å². The number of hydrogen-bond acceptors (Lipinski definition) is 2. The summed E-state index contributed by atoms with van der Waals surface area (Å²) in [6.45, 7) is 4.63. The number of nitrogens with zero attached hydrogens (tertiary/aromatic N) is 1. The van der Waals surface area contributed by atoms with E-state index in [1.807, 2.05) is 0 Å². The monoisotopic (exact) mass is 282 g/mol. The average molecular weight is 282 g/mol. The molecule has 2 atom stereocenters. The molecule has 0 saturated carbocycles. The van der Waals surface area contributed by atoms with Crippen LogP contribution in [0.25, 0.3) is 10.8 Å². The number of rotatable bonds is 4. The van der Waals surface area contributed by atoms with E-state index < -0.39 is 0 Å². The fraction of sp³-hybridized carbons (Fsp3) is 0.474. The Labute approximate surface area is 128 Å². The fourth-order valence-electron chi connectivity index (χ4n) is 3.31. The van der Waals surface area contributed by atoms with Crippen LogP contribution in [0.2, 0.25) is 0 Å². The molecule has 2 unspecified atom stereocenters. The first-order chi connectivity index (χ1) is 10.2. The van der Waals surface area contributed by atoms with Crippen LogP contribution >= 0.6 is 0 Å². The predicted molar refractivity (Wildman–Crippen MR) is 90.6 cm³/mol. The molecule has 1 N–H and O–H groups in total. The van der Waals surface area contributed by atoms with Crippen LogP contribution < -0.4 is 5.32 Å². The smallest absolute Gasteiger partial charge is 0.0317 e. The van der Waals surface area contributed by atoms with Crippen molar-refractivity contribution in [3.8, 4) is 0 Å². The molecule has 0 bridgehead atoms. The fourth-order valence-corrected chi connectivity index (χ4v) is 3.31. The van der Waals surface area contributed by atoms with E-state index in [9.17, 15) is 0 Å². The molecule has 112 valence electrons. The number of piperidine rings is 1. The zero-order valence-corrected chi connectivity index (χ0v) is 13.2. The normalized spacial score (nSPS) is 20.8. The standard InChI is InChI=1S/C19H26N2/c1-15(21(2)14-19-9-5-6-12-20-19)17-11-10-16-7-3-4-8-18(16)13-17/h3-4,7-8,10-11,13,15,19-20H,5-6,9,12,14H2,1-2H3. The highest BCUT2D eigenvalue weighted by molar-refractivity contribution is 5.83. The minimum Gasteiger partial charge on any atom is -0.313 e. The second-order valence-corrected chi connectivity index (χ2v) is 6.37. The Morgan fingerprint density at radius 3 is 2.71 bits per heavy atom. The summed E-state index contributed by atoms with van der Waals surface area (Å²) in [7, 11) is 2.25. The topological polar surface area (TPSA) is 15.3 Å². The maximum absolute atomic E-state index is 3.64. The summed E-state index contributed by atoms with van der Waals surface area (Å²) in [5.74, 6) is 0. The van der Waals surface area contributed by atoms with Crippen LogP contribution in [0.4, 0.5) is 0 Å². The Morgan fingerprint density at radius 2 is 1.95 bits per heavy atom. The van der Waals surface area contributed by atoms with E-state index in [0.717, 1.165) is 6.54 Å². The van der Waals surface area contributed by atoms with Crippen molar-refractivity contribution >= 4 is 10.8 Å². The average Bonchev–Trinajstić information content (AvgIpc) is 2.54. The first kappa shape index (κ1) is 14.6. The Hall–Kier alpha value is -1.38.